The number of rotatable bonds is 0. The fraction of sp³-hybridized carbons (Fsp3) is 0.917. The van der Waals surface area contributed by atoms with Gasteiger partial charge in [-0.3, -0.25) is 0 Å². The van der Waals surface area contributed by atoms with Crippen molar-refractivity contribution in [3.63, 3.8) is 0 Å². The van der Waals surface area contributed by atoms with Gasteiger partial charge in [0, 0.05) is 26.1 Å². The molecule has 0 spiro atoms. The Hall–Kier alpha value is -0.870. The molecular formula is C12H20F2N2O. The Morgan fingerprint density at radius 3 is 2.59 bits per heavy atom. The van der Waals surface area contributed by atoms with Crippen molar-refractivity contribution in [2.45, 2.75) is 38.5 Å². The Bertz CT molecular complexity index is 296. The maximum atomic E-state index is 13.2. The Kier molecular flexibility index (Phi) is 3.54. The Balaban J connectivity index is 1.94. The number of likely N-dealkylation sites (tertiary alicyclic amines) is 2. The molecule has 0 radical (unpaired) electrons. The number of carbonyl (C=O) groups is 1. The molecule has 0 aromatic rings. The van der Waals surface area contributed by atoms with Crippen molar-refractivity contribution in [3.05, 3.63) is 0 Å². The van der Waals surface area contributed by atoms with Gasteiger partial charge in [-0.25, -0.2) is 13.6 Å². The van der Waals surface area contributed by atoms with Gasteiger partial charge in [0.05, 0.1) is 6.54 Å². The minimum absolute atomic E-state index is 0.0901. The summed E-state index contributed by atoms with van der Waals surface area (Å²) >= 11 is 0. The first-order valence-corrected chi connectivity index (χ1v) is 6.40. The summed E-state index contributed by atoms with van der Waals surface area (Å²) in [4.78, 5) is 15.2. The predicted octanol–water partition coefficient (Wildman–Crippen LogP) is 2.57. The minimum Gasteiger partial charge on any atom is -0.324 e. The molecule has 0 saturated carbocycles. The molecule has 0 N–H and O–H groups in total. The summed E-state index contributed by atoms with van der Waals surface area (Å²) in [5.41, 5.74) is 0. The molecule has 3 nitrogen and oxygen atoms in total. The molecule has 0 aliphatic carbocycles. The molecule has 0 aromatic heterocycles. The van der Waals surface area contributed by atoms with Crippen molar-refractivity contribution in [1.29, 1.82) is 0 Å². The largest absolute Gasteiger partial charge is 0.324 e. The monoisotopic (exact) mass is 246 g/mol. The first-order valence-electron chi connectivity index (χ1n) is 6.40. The van der Waals surface area contributed by atoms with Crippen molar-refractivity contribution < 1.29 is 13.6 Å². The minimum atomic E-state index is -2.70. The van der Waals surface area contributed by atoms with E-state index in [0.29, 0.717) is 32.0 Å². The van der Waals surface area contributed by atoms with Crippen LogP contribution in [0.5, 0.6) is 0 Å². The number of urea groups is 1. The molecule has 1 atom stereocenters. The summed E-state index contributed by atoms with van der Waals surface area (Å²) in [6.45, 7) is 3.59. The maximum Gasteiger partial charge on any atom is 0.320 e. The number of hydrogen-bond donors (Lipinski definition) is 0. The third kappa shape index (κ3) is 3.07. The van der Waals surface area contributed by atoms with E-state index in [9.17, 15) is 13.6 Å². The molecule has 2 rings (SSSR count). The van der Waals surface area contributed by atoms with Crippen molar-refractivity contribution in [3.8, 4) is 0 Å². The van der Waals surface area contributed by atoms with Crippen LogP contribution >= 0.6 is 0 Å². The third-order valence-electron chi connectivity index (χ3n) is 3.59. The molecule has 17 heavy (non-hydrogen) atoms. The van der Waals surface area contributed by atoms with Crippen LogP contribution in [0.15, 0.2) is 0 Å². The van der Waals surface area contributed by atoms with Gasteiger partial charge in [-0.05, 0) is 25.2 Å². The van der Waals surface area contributed by atoms with Gasteiger partial charge in [0.1, 0.15) is 0 Å². The van der Waals surface area contributed by atoms with Crippen molar-refractivity contribution in [1.82, 2.24) is 9.80 Å². The molecule has 0 bridgehead atoms. The van der Waals surface area contributed by atoms with Crippen molar-refractivity contribution in [2.75, 3.05) is 26.2 Å². The molecule has 1 unspecified atom stereocenters. The smallest absolute Gasteiger partial charge is 0.320 e. The molecule has 2 saturated heterocycles. The lowest BCUT2D eigenvalue weighted by Gasteiger charge is -2.38. The van der Waals surface area contributed by atoms with Gasteiger partial charge in [0.15, 0.2) is 0 Å². The van der Waals surface area contributed by atoms with E-state index in [-0.39, 0.29) is 12.5 Å². The second-order valence-corrected chi connectivity index (χ2v) is 5.36. The number of piperidine rings is 2. The van der Waals surface area contributed by atoms with Gasteiger partial charge in [-0.2, -0.15) is 0 Å². The zero-order chi connectivity index (χ0) is 12.5. The van der Waals surface area contributed by atoms with Crippen LogP contribution < -0.4 is 0 Å². The van der Waals surface area contributed by atoms with Crippen molar-refractivity contribution >= 4 is 6.03 Å². The van der Waals surface area contributed by atoms with Gasteiger partial charge in [-0.1, -0.05) is 6.92 Å². The van der Waals surface area contributed by atoms with E-state index in [1.807, 2.05) is 0 Å². The highest BCUT2D eigenvalue weighted by molar-refractivity contribution is 5.74. The topological polar surface area (TPSA) is 23.6 Å². The van der Waals surface area contributed by atoms with E-state index in [0.717, 1.165) is 12.8 Å². The van der Waals surface area contributed by atoms with Crippen LogP contribution in [0, 0.1) is 5.92 Å². The summed E-state index contributed by atoms with van der Waals surface area (Å²) < 4.78 is 26.5. The third-order valence-corrected chi connectivity index (χ3v) is 3.59. The van der Waals surface area contributed by atoms with Crippen molar-refractivity contribution in [2.24, 2.45) is 5.92 Å². The predicted molar refractivity (Wildman–Crippen MR) is 61.1 cm³/mol. The van der Waals surface area contributed by atoms with E-state index >= 15 is 0 Å². The Morgan fingerprint density at radius 2 is 1.94 bits per heavy atom. The van der Waals surface area contributed by atoms with E-state index in [1.165, 1.54) is 4.90 Å². The summed E-state index contributed by atoms with van der Waals surface area (Å²) in [5, 5.41) is 0. The molecule has 2 amide bonds. The van der Waals surface area contributed by atoms with E-state index < -0.39 is 12.5 Å². The second-order valence-electron chi connectivity index (χ2n) is 5.36. The van der Waals surface area contributed by atoms with Crippen LogP contribution in [0.4, 0.5) is 13.6 Å². The Labute approximate surface area is 101 Å². The van der Waals surface area contributed by atoms with Gasteiger partial charge in [0.25, 0.3) is 5.92 Å². The lowest BCUT2D eigenvalue weighted by molar-refractivity contribution is -0.0563. The second kappa shape index (κ2) is 4.78. The standard InChI is InChI=1S/C12H20F2N2O/c1-10-4-2-6-15(8-10)11(17)16-7-3-5-12(13,14)9-16/h10H,2-9H2,1H3. The van der Waals surface area contributed by atoms with Crippen LogP contribution in [-0.2, 0) is 0 Å². The highest BCUT2D eigenvalue weighted by atomic mass is 19.3. The number of halogens is 2. The van der Waals surface area contributed by atoms with Crippen LogP contribution in [0.3, 0.4) is 0 Å². The molecule has 2 aliphatic rings. The molecule has 2 heterocycles. The quantitative estimate of drug-likeness (QED) is 0.644. The summed E-state index contributed by atoms with van der Waals surface area (Å²) in [5.74, 6) is -2.21. The molecule has 98 valence electrons. The Morgan fingerprint density at radius 1 is 1.24 bits per heavy atom. The normalized spacial score (nSPS) is 29.2. The first kappa shape index (κ1) is 12.6. The molecule has 2 fully saturated rings. The van der Waals surface area contributed by atoms with Gasteiger partial charge >= 0.3 is 6.03 Å². The van der Waals surface area contributed by atoms with Crippen LogP contribution in [0.1, 0.15) is 32.6 Å². The van der Waals surface area contributed by atoms with E-state index in [1.54, 1.807) is 4.90 Å². The highest BCUT2D eigenvalue weighted by Gasteiger charge is 2.38. The average Bonchev–Trinajstić information content (AvgIpc) is 2.26. The average molecular weight is 246 g/mol. The SMILES string of the molecule is CC1CCCN(C(=O)N2CCCC(F)(F)C2)C1. The highest BCUT2D eigenvalue weighted by Crippen LogP contribution is 2.27. The van der Waals surface area contributed by atoms with E-state index in [4.69, 9.17) is 0 Å². The van der Waals surface area contributed by atoms with Gasteiger partial charge in [-0.15, -0.1) is 0 Å². The number of amides is 2. The first-order chi connectivity index (χ1) is 7.98. The lowest BCUT2D eigenvalue weighted by Crippen LogP contribution is -2.52. The number of alkyl halides is 2. The zero-order valence-corrected chi connectivity index (χ0v) is 10.3. The lowest BCUT2D eigenvalue weighted by atomic mass is 10.0. The fourth-order valence-electron chi connectivity index (χ4n) is 2.69. The molecule has 5 heteroatoms. The molecule has 2 aliphatic heterocycles. The van der Waals surface area contributed by atoms with E-state index in [2.05, 4.69) is 6.92 Å². The fourth-order valence-corrected chi connectivity index (χ4v) is 2.69. The summed E-state index contributed by atoms with van der Waals surface area (Å²) in [6, 6.07) is -0.198. The number of carbonyl (C=O) groups excluding carboxylic acids is 1. The molecular weight excluding hydrogens is 226 g/mol. The van der Waals surface area contributed by atoms with Crippen LogP contribution in [-0.4, -0.2) is 47.9 Å². The summed E-state index contributed by atoms with van der Waals surface area (Å²) in [6.07, 6.45) is 2.42. The summed E-state index contributed by atoms with van der Waals surface area (Å²) in [7, 11) is 0. The van der Waals surface area contributed by atoms with Crippen LogP contribution in [0.25, 0.3) is 0 Å². The number of nitrogens with zero attached hydrogens (tertiary/aromatic N) is 2. The molecule has 0 aromatic carbocycles. The van der Waals surface area contributed by atoms with Crippen LogP contribution in [0.2, 0.25) is 0 Å². The number of hydrogen-bond acceptors (Lipinski definition) is 1. The maximum absolute atomic E-state index is 13.2. The van der Waals surface area contributed by atoms with Gasteiger partial charge in [0.2, 0.25) is 0 Å². The van der Waals surface area contributed by atoms with Gasteiger partial charge < -0.3 is 9.80 Å². The zero-order valence-electron chi connectivity index (χ0n) is 10.3.